The first-order chi connectivity index (χ1) is 9.19. The van der Waals surface area contributed by atoms with E-state index in [9.17, 15) is 0 Å². The van der Waals surface area contributed by atoms with Gasteiger partial charge in [0.2, 0.25) is 0 Å². The van der Waals surface area contributed by atoms with E-state index in [2.05, 4.69) is 34.3 Å². The van der Waals surface area contributed by atoms with E-state index in [1.807, 2.05) is 36.4 Å². The van der Waals surface area contributed by atoms with E-state index in [1.165, 1.54) is 5.56 Å². The van der Waals surface area contributed by atoms with E-state index in [1.54, 1.807) is 7.11 Å². The third-order valence-electron chi connectivity index (χ3n) is 3.15. The zero-order valence-corrected chi connectivity index (χ0v) is 12.6. The highest BCUT2D eigenvalue weighted by atomic mass is 79.9. The van der Waals surface area contributed by atoms with Crippen molar-refractivity contribution in [1.29, 1.82) is 0 Å². The van der Waals surface area contributed by atoms with Gasteiger partial charge in [0, 0.05) is 10.0 Å². The fourth-order valence-corrected chi connectivity index (χ4v) is 2.64. The van der Waals surface area contributed by atoms with E-state index in [-0.39, 0.29) is 6.04 Å². The second-order valence-electron chi connectivity index (χ2n) is 4.32. The van der Waals surface area contributed by atoms with E-state index in [0.717, 1.165) is 21.3 Å². The molecule has 0 saturated carbocycles. The normalized spacial score (nSPS) is 12.2. The summed E-state index contributed by atoms with van der Waals surface area (Å²) in [5.74, 6) is 6.57. The molecule has 0 aliphatic heterocycles. The van der Waals surface area contributed by atoms with Crippen LogP contribution >= 0.6 is 15.9 Å². The Hall–Kier alpha value is -1.36. The molecule has 100 valence electrons. The zero-order chi connectivity index (χ0) is 13.8. The first kappa shape index (κ1) is 14.1. The summed E-state index contributed by atoms with van der Waals surface area (Å²) in [7, 11) is 1.66. The highest BCUT2D eigenvalue weighted by Crippen LogP contribution is 2.34. The number of ether oxygens (including phenoxy) is 1. The number of para-hydroxylation sites is 1. The topological polar surface area (TPSA) is 47.3 Å². The van der Waals surface area contributed by atoms with Crippen molar-refractivity contribution in [2.45, 2.75) is 13.0 Å². The molecule has 0 radical (unpaired) electrons. The molecule has 0 aliphatic rings. The van der Waals surface area contributed by atoms with Crippen molar-refractivity contribution in [3.05, 3.63) is 63.6 Å². The zero-order valence-electron chi connectivity index (χ0n) is 11.0. The van der Waals surface area contributed by atoms with Crippen molar-refractivity contribution in [1.82, 2.24) is 5.43 Å². The van der Waals surface area contributed by atoms with Gasteiger partial charge in [-0.25, -0.2) is 5.43 Å². The minimum Gasteiger partial charge on any atom is -0.496 e. The van der Waals surface area contributed by atoms with Gasteiger partial charge >= 0.3 is 0 Å². The molecule has 0 heterocycles. The van der Waals surface area contributed by atoms with Crippen LogP contribution in [0.25, 0.3) is 0 Å². The summed E-state index contributed by atoms with van der Waals surface area (Å²) in [6.07, 6.45) is 0. The Morgan fingerprint density at radius 3 is 2.47 bits per heavy atom. The highest BCUT2D eigenvalue weighted by Gasteiger charge is 2.19. The van der Waals surface area contributed by atoms with Gasteiger partial charge in [0.25, 0.3) is 0 Å². The summed E-state index contributed by atoms with van der Waals surface area (Å²) in [6.45, 7) is 2.06. The number of nitrogens with one attached hydrogen (secondary N) is 1. The number of rotatable bonds is 4. The molecule has 3 N–H and O–H groups in total. The molecule has 0 fully saturated rings. The Labute approximate surface area is 121 Å². The fourth-order valence-electron chi connectivity index (χ4n) is 2.15. The molecule has 1 unspecified atom stereocenters. The lowest BCUT2D eigenvalue weighted by Gasteiger charge is -2.21. The second-order valence-corrected chi connectivity index (χ2v) is 5.11. The monoisotopic (exact) mass is 320 g/mol. The Morgan fingerprint density at radius 1 is 1.11 bits per heavy atom. The van der Waals surface area contributed by atoms with Gasteiger partial charge in [0.05, 0.1) is 13.2 Å². The standard InChI is InChI=1S/C15H17BrN2O/c1-10-6-5-8-12(14(10)16)15(18-17)11-7-3-4-9-13(11)19-2/h3-9,15,18H,17H2,1-2H3. The molecule has 3 nitrogen and oxygen atoms in total. The van der Waals surface area contributed by atoms with E-state index < -0.39 is 0 Å². The fraction of sp³-hybridized carbons (Fsp3) is 0.200. The van der Waals surface area contributed by atoms with Crippen LogP contribution in [0.3, 0.4) is 0 Å². The Morgan fingerprint density at radius 2 is 1.79 bits per heavy atom. The second kappa shape index (κ2) is 6.19. The first-order valence-electron chi connectivity index (χ1n) is 6.03. The summed E-state index contributed by atoms with van der Waals surface area (Å²) in [6, 6.07) is 13.9. The number of nitrogens with two attached hydrogens (primary N) is 1. The summed E-state index contributed by atoms with van der Waals surface area (Å²) >= 11 is 3.63. The SMILES string of the molecule is COc1ccccc1C(NN)c1cccc(C)c1Br. The predicted octanol–water partition coefficient (Wildman–Crippen LogP) is 3.32. The average Bonchev–Trinajstić information content (AvgIpc) is 2.45. The molecule has 0 saturated heterocycles. The number of hydrogen-bond acceptors (Lipinski definition) is 3. The molecule has 2 aromatic rings. The largest absolute Gasteiger partial charge is 0.496 e. The van der Waals surface area contributed by atoms with Crippen molar-refractivity contribution in [3.63, 3.8) is 0 Å². The number of aryl methyl sites for hydroxylation is 1. The van der Waals surface area contributed by atoms with Gasteiger partial charge in [-0.3, -0.25) is 5.84 Å². The van der Waals surface area contributed by atoms with Crippen LogP contribution in [0.5, 0.6) is 5.75 Å². The van der Waals surface area contributed by atoms with Crippen LogP contribution in [0, 0.1) is 6.92 Å². The lowest BCUT2D eigenvalue weighted by atomic mass is 9.97. The molecule has 1 atom stereocenters. The van der Waals surface area contributed by atoms with Crippen LogP contribution in [0.15, 0.2) is 46.9 Å². The van der Waals surface area contributed by atoms with E-state index in [0.29, 0.717) is 0 Å². The lowest BCUT2D eigenvalue weighted by Crippen LogP contribution is -2.29. The molecular weight excluding hydrogens is 304 g/mol. The van der Waals surface area contributed by atoms with Crippen LogP contribution in [-0.2, 0) is 0 Å². The van der Waals surface area contributed by atoms with Gasteiger partial charge in [0.1, 0.15) is 5.75 Å². The van der Waals surface area contributed by atoms with Crippen molar-refractivity contribution >= 4 is 15.9 Å². The minimum atomic E-state index is -0.120. The molecule has 0 bridgehead atoms. The van der Waals surface area contributed by atoms with Gasteiger partial charge in [-0.1, -0.05) is 52.3 Å². The number of hydrogen-bond donors (Lipinski definition) is 2. The molecular formula is C15H17BrN2O. The Balaban J connectivity index is 2.53. The summed E-state index contributed by atoms with van der Waals surface area (Å²) in [4.78, 5) is 0. The summed E-state index contributed by atoms with van der Waals surface area (Å²) in [5, 5.41) is 0. The Kier molecular flexibility index (Phi) is 4.58. The molecule has 0 spiro atoms. The van der Waals surface area contributed by atoms with Gasteiger partial charge in [-0.05, 0) is 24.1 Å². The van der Waals surface area contributed by atoms with Gasteiger partial charge < -0.3 is 4.74 Å². The van der Waals surface area contributed by atoms with Gasteiger partial charge in [0.15, 0.2) is 0 Å². The number of hydrazine groups is 1. The smallest absolute Gasteiger partial charge is 0.124 e. The van der Waals surface area contributed by atoms with Crippen molar-refractivity contribution in [3.8, 4) is 5.75 Å². The molecule has 2 rings (SSSR count). The van der Waals surface area contributed by atoms with Gasteiger partial charge in [-0.2, -0.15) is 0 Å². The quantitative estimate of drug-likeness (QED) is 0.671. The highest BCUT2D eigenvalue weighted by molar-refractivity contribution is 9.10. The third kappa shape index (κ3) is 2.81. The predicted molar refractivity (Wildman–Crippen MR) is 81.0 cm³/mol. The summed E-state index contributed by atoms with van der Waals surface area (Å²) < 4.78 is 6.47. The molecule has 2 aromatic carbocycles. The number of halogens is 1. The van der Waals surface area contributed by atoms with Crippen LogP contribution in [0.1, 0.15) is 22.7 Å². The Bertz CT molecular complexity index is 572. The maximum absolute atomic E-state index is 5.75. The van der Waals surface area contributed by atoms with Crippen LogP contribution in [-0.4, -0.2) is 7.11 Å². The number of methoxy groups -OCH3 is 1. The lowest BCUT2D eigenvalue weighted by molar-refractivity contribution is 0.404. The maximum atomic E-state index is 5.75. The van der Waals surface area contributed by atoms with Crippen LogP contribution in [0.2, 0.25) is 0 Å². The van der Waals surface area contributed by atoms with Crippen molar-refractivity contribution < 1.29 is 4.74 Å². The van der Waals surface area contributed by atoms with E-state index >= 15 is 0 Å². The van der Waals surface area contributed by atoms with Crippen LogP contribution in [0.4, 0.5) is 0 Å². The molecule has 0 amide bonds. The van der Waals surface area contributed by atoms with Crippen molar-refractivity contribution in [2.24, 2.45) is 5.84 Å². The molecule has 4 heteroatoms. The molecule has 0 aromatic heterocycles. The third-order valence-corrected chi connectivity index (χ3v) is 4.23. The van der Waals surface area contributed by atoms with Crippen molar-refractivity contribution in [2.75, 3.05) is 7.11 Å². The van der Waals surface area contributed by atoms with E-state index in [4.69, 9.17) is 10.6 Å². The summed E-state index contributed by atoms with van der Waals surface area (Å²) in [5.41, 5.74) is 6.14. The maximum Gasteiger partial charge on any atom is 0.124 e. The van der Waals surface area contributed by atoms with Gasteiger partial charge in [-0.15, -0.1) is 0 Å². The number of benzene rings is 2. The minimum absolute atomic E-state index is 0.120. The first-order valence-corrected chi connectivity index (χ1v) is 6.82. The van der Waals surface area contributed by atoms with Crippen LogP contribution < -0.4 is 16.0 Å². The molecule has 19 heavy (non-hydrogen) atoms. The molecule has 0 aliphatic carbocycles. The average molecular weight is 321 g/mol.